The van der Waals surface area contributed by atoms with Crippen molar-refractivity contribution >= 4 is 12.0 Å². The highest BCUT2D eigenvalue weighted by atomic mass is 16.4. The number of carbonyl (C=O) groups excluding carboxylic acids is 1. The van der Waals surface area contributed by atoms with E-state index >= 15 is 0 Å². The van der Waals surface area contributed by atoms with Gasteiger partial charge >= 0.3 is 12.0 Å². The minimum absolute atomic E-state index is 0.0668. The monoisotopic (exact) mass is 268 g/mol. The molecule has 0 radical (unpaired) electrons. The third kappa shape index (κ3) is 5.32. The third-order valence-electron chi connectivity index (χ3n) is 3.65. The molecule has 0 heterocycles. The zero-order valence-corrected chi connectivity index (χ0v) is 11.6. The number of carbonyl (C=O) groups is 2. The summed E-state index contributed by atoms with van der Waals surface area (Å²) in [6, 6.07) is 0.0489. The number of hydrogen-bond donors (Lipinski definition) is 2. The molecule has 0 atom stereocenters. The van der Waals surface area contributed by atoms with Gasteiger partial charge < -0.3 is 15.3 Å². The van der Waals surface area contributed by atoms with Crippen molar-refractivity contribution in [2.75, 3.05) is 13.6 Å². The lowest BCUT2D eigenvalue weighted by Gasteiger charge is -2.28. The molecule has 0 aromatic heterocycles. The summed E-state index contributed by atoms with van der Waals surface area (Å²) in [5.74, 6) is -0.954. The second-order valence-electron chi connectivity index (χ2n) is 5.19. The first kappa shape index (κ1) is 15.5. The van der Waals surface area contributed by atoms with Crippen LogP contribution in [0.15, 0.2) is 12.7 Å². The van der Waals surface area contributed by atoms with Crippen LogP contribution in [0.5, 0.6) is 0 Å². The molecule has 0 saturated heterocycles. The molecule has 2 amide bonds. The highest BCUT2D eigenvalue weighted by molar-refractivity contribution is 5.74. The van der Waals surface area contributed by atoms with Crippen LogP contribution < -0.4 is 5.32 Å². The minimum atomic E-state index is -0.716. The average Bonchev–Trinajstić information content (AvgIpc) is 2.39. The van der Waals surface area contributed by atoms with E-state index in [1.54, 1.807) is 11.9 Å². The van der Waals surface area contributed by atoms with E-state index in [0.717, 1.165) is 25.7 Å². The molecule has 1 saturated carbocycles. The van der Waals surface area contributed by atoms with Crippen molar-refractivity contribution in [2.45, 2.75) is 44.6 Å². The van der Waals surface area contributed by atoms with Crippen molar-refractivity contribution in [1.29, 1.82) is 0 Å². The van der Waals surface area contributed by atoms with Crippen LogP contribution in [0.2, 0.25) is 0 Å². The Morgan fingerprint density at radius 2 is 2.00 bits per heavy atom. The van der Waals surface area contributed by atoms with Gasteiger partial charge in [-0.3, -0.25) is 4.79 Å². The van der Waals surface area contributed by atoms with Crippen molar-refractivity contribution in [1.82, 2.24) is 10.2 Å². The molecule has 5 heteroatoms. The summed E-state index contributed by atoms with van der Waals surface area (Å²) >= 11 is 0. The van der Waals surface area contributed by atoms with Crippen LogP contribution in [-0.4, -0.2) is 41.6 Å². The Hall–Kier alpha value is -1.52. The lowest BCUT2D eigenvalue weighted by atomic mass is 9.86. The molecule has 108 valence electrons. The maximum Gasteiger partial charge on any atom is 0.317 e. The van der Waals surface area contributed by atoms with Gasteiger partial charge in [0.1, 0.15) is 0 Å². The Bertz CT molecular complexity index is 323. The van der Waals surface area contributed by atoms with Crippen LogP contribution in [0.25, 0.3) is 0 Å². The maximum atomic E-state index is 11.9. The first-order chi connectivity index (χ1) is 9.04. The number of allylic oxidation sites excluding steroid dienone is 1. The number of amides is 2. The number of nitrogens with zero attached hydrogens (tertiary/aromatic N) is 1. The number of aliphatic carboxylic acids is 1. The lowest BCUT2D eigenvalue weighted by molar-refractivity contribution is -0.142. The standard InChI is InChI=1S/C14H24N2O3/c1-3-4-5-10-16(2)14(19)15-12-8-6-11(7-9-12)13(17)18/h3,11-12H,1,4-10H2,2H3,(H,15,19)(H,17,18). The molecule has 1 aliphatic rings. The van der Waals surface area contributed by atoms with Crippen molar-refractivity contribution in [3.63, 3.8) is 0 Å². The number of rotatable bonds is 6. The summed E-state index contributed by atoms with van der Waals surface area (Å²) in [6.45, 7) is 4.36. The van der Waals surface area contributed by atoms with Gasteiger partial charge in [0.15, 0.2) is 0 Å². The molecule has 0 aromatic rings. The summed E-state index contributed by atoms with van der Waals surface area (Å²) in [5.41, 5.74) is 0. The van der Waals surface area contributed by atoms with E-state index < -0.39 is 5.97 Å². The zero-order chi connectivity index (χ0) is 14.3. The van der Waals surface area contributed by atoms with Gasteiger partial charge in [0, 0.05) is 19.6 Å². The summed E-state index contributed by atoms with van der Waals surface area (Å²) in [5, 5.41) is 11.9. The Balaban J connectivity index is 2.26. The van der Waals surface area contributed by atoms with Gasteiger partial charge in [-0.2, -0.15) is 0 Å². The Kier molecular flexibility index (Phi) is 6.39. The topological polar surface area (TPSA) is 69.6 Å². The lowest BCUT2D eigenvalue weighted by Crippen LogP contribution is -2.45. The van der Waals surface area contributed by atoms with Gasteiger partial charge in [-0.1, -0.05) is 6.08 Å². The zero-order valence-electron chi connectivity index (χ0n) is 11.6. The average molecular weight is 268 g/mol. The molecule has 19 heavy (non-hydrogen) atoms. The predicted molar refractivity (Wildman–Crippen MR) is 74.0 cm³/mol. The molecule has 0 aromatic carbocycles. The fourth-order valence-electron chi connectivity index (χ4n) is 2.34. The van der Waals surface area contributed by atoms with Crippen molar-refractivity contribution in [3.8, 4) is 0 Å². The third-order valence-corrected chi connectivity index (χ3v) is 3.65. The Labute approximate surface area is 114 Å². The van der Waals surface area contributed by atoms with Gasteiger partial charge in [-0.15, -0.1) is 6.58 Å². The second-order valence-corrected chi connectivity index (χ2v) is 5.19. The van der Waals surface area contributed by atoms with E-state index in [0.29, 0.717) is 19.4 Å². The summed E-state index contributed by atoms with van der Waals surface area (Å²) in [4.78, 5) is 24.4. The molecule has 0 aliphatic heterocycles. The maximum absolute atomic E-state index is 11.9. The van der Waals surface area contributed by atoms with Crippen LogP contribution in [0, 0.1) is 5.92 Å². The van der Waals surface area contributed by atoms with Crippen LogP contribution >= 0.6 is 0 Å². The van der Waals surface area contributed by atoms with Gasteiger partial charge in [-0.25, -0.2) is 4.79 Å². The smallest absolute Gasteiger partial charge is 0.317 e. The molecular formula is C14H24N2O3. The van der Waals surface area contributed by atoms with Crippen LogP contribution in [0.1, 0.15) is 38.5 Å². The normalized spacial score (nSPS) is 22.6. The Morgan fingerprint density at radius 1 is 1.37 bits per heavy atom. The molecule has 1 fully saturated rings. The number of urea groups is 1. The molecular weight excluding hydrogens is 244 g/mol. The van der Waals surface area contributed by atoms with Crippen molar-refractivity contribution in [2.24, 2.45) is 5.92 Å². The molecule has 0 bridgehead atoms. The van der Waals surface area contributed by atoms with Crippen molar-refractivity contribution < 1.29 is 14.7 Å². The number of unbranched alkanes of at least 4 members (excludes halogenated alkanes) is 1. The molecule has 5 nitrogen and oxygen atoms in total. The van der Waals surface area contributed by atoms with Gasteiger partial charge in [-0.05, 0) is 38.5 Å². The first-order valence-corrected chi connectivity index (χ1v) is 6.90. The molecule has 0 spiro atoms. The number of carboxylic acids is 1. The molecule has 2 N–H and O–H groups in total. The van der Waals surface area contributed by atoms with Gasteiger partial charge in [0.2, 0.25) is 0 Å². The second kappa shape index (κ2) is 7.81. The quantitative estimate of drug-likeness (QED) is 0.573. The van der Waals surface area contributed by atoms with Crippen molar-refractivity contribution in [3.05, 3.63) is 12.7 Å². The first-order valence-electron chi connectivity index (χ1n) is 6.90. The fourth-order valence-corrected chi connectivity index (χ4v) is 2.34. The van der Waals surface area contributed by atoms with E-state index in [1.807, 2.05) is 6.08 Å². The Morgan fingerprint density at radius 3 is 2.53 bits per heavy atom. The predicted octanol–water partition coefficient (Wildman–Crippen LogP) is 2.24. The van der Waals surface area contributed by atoms with Gasteiger partial charge in [0.25, 0.3) is 0 Å². The number of nitrogens with one attached hydrogen (secondary N) is 1. The van der Waals surface area contributed by atoms with Crippen LogP contribution in [-0.2, 0) is 4.79 Å². The van der Waals surface area contributed by atoms with E-state index in [2.05, 4.69) is 11.9 Å². The fraction of sp³-hybridized carbons (Fsp3) is 0.714. The molecule has 1 rings (SSSR count). The summed E-state index contributed by atoms with van der Waals surface area (Å²) < 4.78 is 0. The van der Waals surface area contributed by atoms with E-state index in [-0.39, 0.29) is 18.0 Å². The highest BCUT2D eigenvalue weighted by Crippen LogP contribution is 2.24. The largest absolute Gasteiger partial charge is 0.481 e. The number of carboxylic acid groups (broad SMARTS) is 1. The number of hydrogen-bond acceptors (Lipinski definition) is 2. The summed E-state index contributed by atoms with van der Waals surface area (Å²) in [7, 11) is 1.78. The molecule has 0 unspecified atom stereocenters. The highest BCUT2D eigenvalue weighted by Gasteiger charge is 2.27. The molecule has 1 aliphatic carbocycles. The summed E-state index contributed by atoms with van der Waals surface area (Å²) in [6.07, 6.45) is 6.48. The van der Waals surface area contributed by atoms with E-state index in [4.69, 9.17) is 5.11 Å². The SMILES string of the molecule is C=CCCCN(C)C(=O)NC1CCC(C(=O)O)CC1. The van der Waals surface area contributed by atoms with Crippen LogP contribution in [0.4, 0.5) is 4.79 Å². The minimum Gasteiger partial charge on any atom is -0.481 e. The van der Waals surface area contributed by atoms with Gasteiger partial charge in [0.05, 0.1) is 5.92 Å². The van der Waals surface area contributed by atoms with E-state index in [1.165, 1.54) is 0 Å². The van der Waals surface area contributed by atoms with E-state index in [9.17, 15) is 9.59 Å². The van der Waals surface area contributed by atoms with Crippen LogP contribution in [0.3, 0.4) is 0 Å².